The van der Waals surface area contributed by atoms with E-state index >= 15 is 0 Å². The van der Waals surface area contributed by atoms with E-state index in [0.717, 1.165) is 22.3 Å². The summed E-state index contributed by atoms with van der Waals surface area (Å²) in [7, 11) is 1.83. The number of anilines is 3. The Balaban J connectivity index is 1.16. The van der Waals surface area contributed by atoms with Crippen LogP contribution in [0.25, 0.3) is 22.1 Å². The molecule has 15 heteroatoms. The minimum absolute atomic E-state index is 0.0503. The number of piperazine rings is 1. The molecule has 1 fully saturated rings. The molecule has 220 valence electrons. The van der Waals surface area contributed by atoms with Crippen LogP contribution in [-0.4, -0.2) is 78.1 Å². The van der Waals surface area contributed by atoms with E-state index in [2.05, 4.69) is 35.6 Å². The normalized spacial score (nSPS) is 14.2. The van der Waals surface area contributed by atoms with Crippen molar-refractivity contribution in [1.29, 1.82) is 0 Å². The van der Waals surface area contributed by atoms with Crippen molar-refractivity contribution in [3.05, 3.63) is 66.6 Å². The van der Waals surface area contributed by atoms with Crippen molar-refractivity contribution >= 4 is 45.4 Å². The fourth-order valence-electron chi connectivity index (χ4n) is 4.68. The Morgan fingerprint density at radius 2 is 1.84 bits per heavy atom. The van der Waals surface area contributed by atoms with E-state index in [0.29, 0.717) is 53.5 Å². The van der Waals surface area contributed by atoms with E-state index in [-0.39, 0.29) is 19.2 Å². The van der Waals surface area contributed by atoms with Gasteiger partial charge in [-0.1, -0.05) is 5.21 Å². The highest BCUT2D eigenvalue weighted by atomic mass is 19.4. The number of fused-ring (bicyclic) bond motifs is 2. The van der Waals surface area contributed by atoms with Crippen molar-refractivity contribution in [2.75, 3.05) is 36.4 Å². The first-order chi connectivity index (χ1) is 20.6. The number of halogens is 3. The number of ether oxygens (including phenoxy) is 1. The maximum Gasteiger partial charge on any atom is 0.409 e. The highest BCUT2D eigenvalue weighted by molar-refractivity contribution is 5.88. The third kappa shape index (κ3) is 6.14. The van der Waals surface area contributed by atoms with Gasteiger partial charge in [0, 0.05) is 57.1 Å². The Bertz CT molecular complexity index is 1850. The summed E-state index contributed by atoms with van der Waals surface area (Å²) in [5, 5.41) is 11.5. The Kier molecular flexibility index (Phi) is 7.21. The number of carbonyl (C=O) groups excluding carboxylic acids is 1. The van der Waals surface area contributed by atoms with Crippen LogP contribution in [0.3, 0.4) is 0 Å². The minimum atomic E-state index is -4.54. The van der Waals surface area contributed by atoms with Gasteiger partial charge in [-0.15, -0.1) is 5.10 Å². The number of alkyl halides is 3. The van der Waals surface area contributed by atoms with E-state index in [1.165, 1.54) is 11.2 Å². The summed E-state index contributed by atoms with van der Waals surface area (Å²) < 4.78 is 45.1. The second-order valence-corrected chi connectivity index (χ2v) is 9.88. The van der Waals surface area contributed by atoms with E-state index in [4.69, 9.17) is 4.74 Å². The van der Waals surface area contributed by atoms with Crippen LogP contribution in [0.2, 0.25) is 0 Å². The summed E-state index contributed by atoms with van der Waals surface area (Å²) in [6.45, 7) is 3.12. The van der Waals surface area contributed by atoms with Gasteiger partial charge in [-0.25, -0.2) is 24.6 Å². The predicted molar refractivity (Wildman–Crippen MR) is 152 cm³/mol. The molecule has 0 bridgehead atoms. The molecule has 43 heavy (non-hydrogen) atoms. The molecule has 1 aliphatic rings. The lowest BCUT2D eigenvalue weighted by Gasteiger charge is -2.34. The van der Waals surface area contributed by atoms with Crippen LogP contribution in [0.15, 0.2) is 61.1 Å². The molecule has 0 spiro atoms. The third-order valence-electron chi connectivity index (χ3n) is 6.90. The van der Waals surface area contributed by atoms with Crippen LogP contribution in [0.1, 0.15) is 5.56 Å². The van der Waals surface area contributed by atoms with Gasteiger partial charge in [-0.2, -0.15) is 13.2 Å². The number of nitrogens with one attached hydrogen (secondary N) is 1. The van der Waals surface area contributed by atoms with Crippen LogP contribution in [0.5, 0.6) is 11.5 Å². The van der Waals surface area contributed by atoms with Gasteiger partial charge >= 0.3 is 6.18 Å². The zero-order chi connectivity index (χ0) is 30.1. The molecular weight excluding hydrogens is 565 g/mol. The molecule has 0 radical (unpaired) electrons. The number of allylic oxidation sites excluding steroid dienone is 1. The van der Waals surface area contributed by atoms with Gasteiger partial charge in [0.25, 0.3) is 0 Å². The lowest BCUT2D eigenvalue weighted by Crippen LogP contribution is -2.48. The molecule has 4 heterocycles. The van der Waals surface area contributed by atoms with Crippen LogP contribution in [0.4, 0.5) is 30.6 Å². The van der Waals surface area contributed by atoms with Crippen molar-refractivity contribution in [3.63, 3.8) is 0 Å². The van der Waals surface area contributed by atoms with Crippen molar-refractivity contribution in [3.8, 4) is 11.5 Å². The maximum atomic E-state index is 12.4. The zero-order valence-corrected chi connectivity index (χ0v) is 23.1. The number of benzene rings is 2. The topological polar surface area (TPSA) is 127 Å². The number of aromatic nitrogens is 7. The van der Waals surface area contributed by atoms with Gasteiger partial charge in [0.1, 0.15) is 34.4 Å². The average Bonchev–Trinajstić information content (AvgIpc) is 3.36. The van der Waals surface area contributed by atoms with Crippen LogP contribution in [0, 0.1) is 6.92 Å². The number of nitrogens with zero attached hydrogens (tertiary/aromatic N) is 9. The molecule has 0 unspecified atom stereocenters. The number of amides is 1. The SMILES string of the molecule is Cc1cc(Nc2ncnc3cnc(N4CCN(C(=O)/C=C/C(F)(F)F)CC4)nc23)ccc1Oc1ccc2c(c1)nnn2C. The van der Waals surface area contributed by atoms with Crippen LogP contribution < -0.4 is 15.0 Å². The molecule has 3 aromatic heterocycles. The van der Waals surface area contributed by atoms with E-state index in [1.807, 2.05) is 55.3 Å². The van der Waals surface area contributed by atoms with E-state index < -0.39 is 12.1 Å². The van der Waals surface area contributed by atoms with Gasteiger partial charge in [0.15, 0.2) is 5.82 Å². The molecule has 0 atom stereocenters. The van der Waals surface area contributed by atoms with Gasteiger partial charge in [0.05, 0.1) is 11.7 Å². The number of rotatable bonds is 6. The molecule has 1 aliphatic heterocycles. The number of hydrogen-bond acceptors (Lipinski definition) is 10. The number of hydrogen-bond donors (Lipinski definition) is 1. The monoisotopic (exact) mass is 590 g/mol. The van der Waals surface area contributed by atoms with E-state index in [9.17, 15) is 18.0 Å². The molecule has 6 rings (SSSR count). The summed E-state index contributed by atoms with van der Waals surface area (Å²) in [5.41, 5.74) is 4.31. The summed E-state index contributed by atoms with van der Waals surface area (Å²) in [5.74, 6) is 1.52. The Labute approximate surface area is 242 Å². The van der Waals surface area contributed by atoms with E-state index in [1.54, 1.807) is 10.9 Å². The smallest absolute Gasteiger partial charge is 0.409 e. The highest BCUT2D eigenvalue weighted by Crippen LogP contribution is 2.31. The lowest BCUT2D eigenvalue weighted by molar-refractivity contribution is -0.127. The minimum Gasteiger partial charge on any atom is -0.457 e. The summed E-state index contributed by atoms with van der Waals surface area (Å²) in [4.78, 5) is 33.1. The third-order valence-corrected chi connectivity index (χ3v) is 6.90. The van der Waals surface area contributed by atoms with Gasteiger partial charge < -0.3 is 19.9 Å². The Morgan fingerprint density at radius 1 is 1.02 bits per heavy atom. The first-order valence-electron chi connectivity index (χ1n) is 13.3. The summed E-state index contributed by atoms with van der Waals surface area (Å²) in [6.07, 6.45) is -1.03. The van der Waals surface area contributed by atoms with Crippen LogP contribution in [-0.2, 0) is 11.8 Å². The second-order valence-electron chi connectivity index (χ2n) is 9.88. The standard InChI is InChI=1S/C28H25F3N10O2/c1-17-13-18(3-6-23(17)43-19-4-5-22-20(14-19)37-38-39(22)2)35-26-25-21(33-16-34-26)15-32-27(36-25)41-11-9-40(10-12-41)24(42)7-8-28(29,30)31/h3-8,13-16H,9-12H2,1-2H3,(H,33,34,35)/b8-7+. The zero-order valence-electron chi connectivity index (χ0n) is 23.1. The highest BCUT2D eigenvalue weighted by Gasteiger charge is 2.26. The molecule has 1 saturated heterocycles. The lowest BCUT2D eigenvalue weighted by atomic mass is 10.2. The Morgan fingerprint density at radius 3 is 2.60 bits per heavy atom. The molecule has 0 saturated carbocycles. The Hall–Kier alpha value is -5.34. The van der Waals surface area contributed by atoms with Gasteiger partial charge in [-0.05, 0) is 42.8 Å². The summed E-state index contributed by atoms with van der Waals surface area (Å²) >= 11 is 0. The fraction of sp³-hybridized carbons (Fsp3) is 0.250. The first-order valence-corrected chi connectivity index (χ1v) is 13.3. The summed E-state index contributed by atoms with van der Waals surface area (Å²) in [6, 6.07) is 11.2. The van der Waals surface area contributed by atoms with Crippen molar-refractivity contribution in [2.24, 2.45) is 7.05 Å². The molecule has 1 N–H and O–H groups in total. The second kappa shape index (κ2) is 11.2. The van der Waals surface area contributed by atoms with Crippen LogP contribution >= 0.6 is 0 Å². The average molecular weight is 591 g/mol. The number of carbonyl (C=O) groups is 1. The van der Waals surface area contributed by atoms with Crippen molar-refractivity contribution < 1.29 is 22.7 Å². The molecule has 2 aromatic carbocycles. The maximum absolute atomic E-state index is 12.4. The van der Waals surface area contributed by atoms with Gasteiger partial charge in [-0.3, -0.25) is 4.79 Å². The van der Waals surface area contributed by atoms with Gasteiger partial charge in [0.2, 0.25) is 11.9 Å². The molecule has 1 amide bonds. The predicted octanol–water partition coefficient (Wildman–Crippen LogP) is 4.31. The molecule has 12 nitrogen and oxygen atoms in total. The fourth-order valence-corrected chi connectivity index (χ4v) is 4.68. The number of aryl methyl sites for hydroxylation is 2. The van der Waals surface area contributed by atoms with Crippen molar-refractivity contribution in [1.82, 2.24) is 39.8 Å². The molecule has 0 aliphatic carbocycles. The quantitative estimate of drug-likeness (QED) is 0.286. The molecular formula is C28H25F3N10O2. The first kappa shape index (κ1) is 27.8. The molecule has 5 aromatic rings. The van der Waals surface area contributed by atoms with Crippen molar-refractivity contribution in [2.45, 2.75) is 13.1 Å². The largest absolute Gasteiger partial charge is 0.457 e.